The summed E-state index contributed by atoms with van der Waals surface area (Å²) in [5.74, 6) is 4.71. The summed E-state index contributed by atoms with van der Waals surface area (Å²) in [7, 11) is 0. The second-order valence-electron chi connectivity index (χ2n) is 3.92. The third-order valence-electron chi connectivity index (χ3n) is 2.50. The van der Waals surface area contributed by atoms with Crippen LogP contribution in [0.15, 0.2) is 36.4 Å². The highest BCUT2D eigenvalue weighted by atomic mass is 35.5. The Hall–Kier alpha value is -2.38. The minimum absolute atomic E-state index is 0.0439. The fraction of sp³-hybridized carbons (Fsp3) is 0. The normalized spacial score (nSPS) is 10.2. The third kappa shape index (κ3) is 3.14. The molecule has 0 bridgehead atoms. The molecule has 2 rings (SSSR count). The lowest BCUT2D eigenvalue weighted by Gasteiger charge is -2.09. The Bertz CT molecular complexity index is 666. The number of nitrogens with one attached hydrogen (secondary N) is 2. The summed E-state index contributed by atoms with van der Waals surface area (Å²) in [4.78, 5) is 10.3. The van der Waals surface area contributed by atoms with Crippen molar-refractivity contribution in [2.24, 2.45) is 5.84 Å². The van der Waals surface area contributed by atoms with E-state index in [1.54, 1.807) is 6.07 Å². The number of benzene rings is 2. The van der Waals surface area contributed by atoms with Gasteiger partial charge < -0.3 is 10.7 Å². The molecule has 0 fully saturated rings. The minimum atomic E-state index is -0.541. The Morgan fingerprint density at radius 3 is 2.45 bits per heavy atom. The zero-order chi connectivity index (χ0) is 14.7. The molecular formula is C12H10ClFN4O2. The quantitative estimate of drug-likeness (QED) is 0.456. The van der Waals surface area contributed by atoms with E-state index in [-0.39, 0.29) is 10.7 Å². The molecule has 0 amide bonds. The monoisotopic (exact) mass is 296 g/mol. The van der Waals surface area contributed by atoms with Gasteiger partial charge in [-0.15, -0.1) is 0 Å². The number of nitrogen functional groups attached to an aromatic ring is 1. The van der Waals surface area contributed by atoms with Crippen LogP contribution in [0.1, 0.15) is 0 Å². The predicted molar refractivity (Wildman–Crippen MR) is 75.6 cm³/mol. The number of non-ortho nitro benzene ring substituents is 1. The lowest BCUT2D eigenvalue weighted by atomic mass is 10.2. The van der Waals surface area contributed by atoms with Gasteiger partial charge in [-0.1, -0.05) is 11.6 Å². The molecule has 0 aliphatic carbocycles. The zero-order valence-corrected chi connectivity index (χ0v) is 10.8. The van der Waals surface area contributed by atoms with Crippen LogP contribution < -0.4 is 16.6 Å². The van der Waals surface area contributed by atoms with E-state index in [0.717, 1.165) is 0 Å². The molecule has 0 saturated heterocycles. The molecule has 8 heteroatoms. The molecule has 104 valence electrons. The van der Waals surface area contributed by atoms with Crippen LogP contribution >= 0.6 is 11.6 Å². The van der Waals surface area contributed by atoms with Crippen molar-refractivity contribution < 1.29 is 9.31 Å². The van der Waals surface area contributed by atoms with Crippen LogP contribution in [0, 0.1) is 15.9 Å². The molecule has 2 aromatic rings. The first-order chi connectivity index (χ1) is 9.49. The van der Waals surface area contributed by atoms with Gasteiger partial charge in [-0.2, -0.15) is 0 Å². The topological polar surface area (TPSA) is 93.2 Å². The van der Waals surface area contributed by atoms with Crippen molar-refractivity contribution in [1.82, 2.24) is 0 Å². The standard InChI is InChI=1S/C12H10ClFN4O2/c13-11-6-7(1-2-12(11)14)16-8-3-9(17-15)5-10(4-8)18(19)20/h1-6,16-17H,15H2. The first kappa shape index (κ1) is 14.0. The van der Waals surface area contributed by atoms with Gasteiger partial charge in [-0.3, -0.25) is 16.0 Å². The summed E-state index contributed by atoms with van der Waals surface area (Å²) in [6, 6.07) is 8.25. The predicted octanol–water partition coefficient (Wildman–Crippen LogP) is 3.42. The van der Waals surface area contributed by atoms with Crippen molar-refractivity contribution >= 4 is 34.4 Å². The molecule has 6 nitrogen and oxygen atoms in total. The molecule has 0 unspecified atom stereocenters. The number of nitro groups is 1. The van der Waals surface area contributed by atoms with Crippen LogP contribution in [0.5, 0.6) is 0 Å². The van der Waals surface area contributed by atoms with Gasteiger partial charge in [0.25, 0.3) is 5.69 Å². The van der Waals surface area contributed by atoms with Crippen LogP contribution in [0.3, 0.4) is 0 Å². The summed E-state index contributed by atoms with van der Waals surface area (Å²) in [5.41, 5.74) is 3.51. The maximum absolute atomic E-state index is 13.1. The summed E-state index contributed by atoms with van der Waals surface area (Å²) in [5, 5.41) is 13.7. The van der Waals surface area contributed by atoms with Gasteiger partial charge in [0.2, 0.25) is 0 Å². The van der Waals surface area contributed by atoms with Crippen molar-refractivity contribution in [2.45, 2.75) is 0 Å². The van der Waals surface area contributed by atoms with E-state index in [4.69, 9.17) is 17.4 Å². The van der Waals surface area contributed by atoms with Crippen molar-refractivity contribution in [3.05, 3.63) is 57.4 Å². The number of nitrogens with zero attached hydrogens (tertiary/aromatic N) is 1. The Morgan fingerprint density at radius 1 is 1.15 bits per heavy atom. The van der Waals surface area contributed by atoms with E-state index in [0.29, 0.717) is 17.1 Å². The van der Waals surface area contributed by atoms with E-state index in [1.807, 2.05) is 0 Å². The number of hydrogen-bond acceptors (Lipinski definition) is 5. The van der Waals surface area contributed by atoms with E-state index in [1.165, 1.54) is 30.3 Å². The highest BCUT2D eigenvalue weighted by Gasteiger charge is 2.10. The van der Waals surface area contributed by atoms with Gasteiger partial charge in [0, 0.05) is 23.5 Å². The molecule has 0 saturated carbocycles. The van der Waals surface area contributed by atoms with Gasteiger partial charge in [0.1, 0.15) is 5.82 Å². The maximum atomic E-state index is 13.1. The second kappa shape index (κ2) is 5.72. The highest BCUT2D eigenvalue weighted by molar-refractivity contribution is 6.31. The summed E-state index contributed by atoms with van der Waals surface area (Å²) < 4.78 is 13.1. The minimum Gasteiger partial charge on any atom is -0.355 e. The van der Waals surface area contributed by atoms with Crippen molar-refractivity contribution in [3.8, 4) is 0 Å². The van der Waals surface area contributed by atoms with Crippen molar-refractivity contribution in [2.75, 3.05) is 10.7 Å². The fourth-order valence-corrected chi connectivity index (χ4v) is 1.79. The van der Waals surface area contributed by atoms with E-state index in [2.05, 4.69) is 10.7 Å². The molecule has 0 aromatic heterocycles. The smallest absolute Gasteiger partial charge is 0.273 e. The number of nitrogens with two attached hydrogens (primary N) is 1. The van der Waals surface area contributed by atoms with Crippen molar-refractivity contribution in [3.63, 3.8) is 0 Å². The van der Waals surface area contributed by atoms with Crippen LogP contribution in [0.4, 0.5) is 27.1 Å². The van der Waals surface area contributed by atoms with Gasteiger partial charge in [0.15, 0.2) is 0 Å². The third-order valence-corrected chi connectivity index (χ3v) is 2.79. The van der Waals surface area contributed by atoms with Crippen LogP contribution in [0.25, 0.3) is 0 Å². The first-order valence-corrected chi connectivity index (χ1v) is 5.85. The Morgan fingerprint density at radius 2 is 1.85 bits per heavy atom. The van der Waals surface area contributed by atoms with Crippen LogP contribution in [0.2, 0.25) is 5.02 Å². The number of hydrazine groups is 1. The molecule has 0 aliphatic rings. The van der Waals surface area contributed by atoms with Gasteiger partial charge in [-0.05, 0) is 24.3 Å². The number of hydrogen-bond donors (Lipinski definition) is 3. The maximum Gasteiger partial charge on any atom is 0.273 e. The molecule has 0 atom stereocenters. The number of rotatable bonds is 4. The van der Waals surface area contributed by atoms with E-state index < -0.39 is 10.7 Å². The number of anilines is 3. The Labute approximate surface area is 118 Å². The van der Waals surface area contributed by atoms with Crippen LogP contribution in [-0.4, -0.2) is 4.92 Å². The molecule has 0 radical (unpaired) electrons. The largest absolute Gasteiger partial charge is 0.355 e. The lowest BCUT2D eigenvalue weighted by molar-refractivity contribution is -0.384. The summed E-state index contributed by atoms with van der Waals surface area (Å²) >= 11 is 5.66. The Balaban J connectivity index is 2.34. The average molecular weight is 297 g/mol. The molecule has 2 aromatic carbocycles. The van der Waals surface area contributed by atoms with Gasteiger partial charge in [-0.25, -0.2) is 4.39 Å². The second-order valence-corrected chi connectivity index (χ2v) is 4.33. The fourth-order valence-electron chi connectivity index (χ4n) is 1.61. The van der Waals surface area contributed by atoms with Crippen LogP contribution in [-0.2, 0) is 0 Å². The summed E-state index contributed by atoms with van der Waals surface area (Å²) in [6.07, 6.45) is 0. The van der Waals surface area contributed by atoms with Crippen molar-refractivity contribution in [1.29, 1.82) is 0 Å². The Kier molecular flexibility index (Phi) is 4.02. The van der Waals surface area contributed by atoms with E-state index in [9.17, 15) is 14.5 Å². The zero-order valence-electron chi connectivity index (χ0n) is 10.1. The molecule has 4 N–H and O–H groups in total. The number of halogens is 2. The highest BCUT2D eigenvalue weighted by Crippen LogP contribution is 2.28. The molecule has 0 aliphatic heterocycles. The molecular weight excluding hydrogens is 287 g/mol. The van der Waals surface area contributed by atoms with E-state index >= 15 is 0 Å². The molecule has 0 heterocycles. The molecule has 0 spiro atoms. The SMILES string of the molecule is NNc1cc(Nc2ccc(F)c(Cl)c2)cc([N+](=O)[O-])c1. The molecule has 20 heavy (non-hydrogen) atoms. The summed E-state index contributed by atoms with van der Waals surface area (Å²) in [6.45, 7) is 0. The number of nitro benzene ring substituents is 1. The average Bonchev–Trinajstić information content (AvgIpc) is 2.42. The first-order valence-electron chi connectivity index (χ1n) is 5.48. The van der Waals surface area contributed by atoms with Gasteiger partial charge in [0.05, 0.1) is 15.6 Å². The lowest BCUT2D eigenvalue weighted by Crippen LogP contribution is -2.07. The van der Waals surface area contributed by atoms with Gasteiger partial charge >= 0.3 is 0 Å².